The number of hydrogen-bond acceptors (Lipinski definition) is 4. The first-order valence-corrected chi connectivity index (χ1v) is 5.64. The molecule has 0 saturated carbocycles. The highest BCUT2D eigenvalue weighted by molar-refractivity contribution is 8.02. The van der Waals surface area contributed by atoms with Crippen LogP contribution in [0.4, 0.5) is 5.69 Å². The minimum absolute atomic E-state index is 0.474. The average molecular weight is 245 g/mol. The fourth-order valence-electron chi connectivity index (χ4n) is 0.907. The Morgan fingerprint density at radius 1 is 1.53 bits per heavy atom. The number of benzene rings is 1. The van der Waals surface area contributed by atoms with Gasteiger partial charge in [-0.15, -0.1) is 11.8 Å². The second-order valence-corrected chi connectivity index (χ2v) is 3.90. The summed E-state index contributed by atoms with van der Waals surface area (Å²) in [6.07, 6.45) is 2.69. The van der Waals surface area contributed by atoms with E-state index in [0.29, 0.717) is 10.1 Å². The number of nitrogens with zero attached hydrogens (tertiary/aromatic N) is 1. The lowest BCUT2D eigenvalue weighted by atomic mass is 10.3. The summed E-state index contributed by atoms with van der Waals surface area (Å²) in [5.74, 6) is 0. The summed E-state index contributed by atoms with van der Waals surface area (Å²) in [6, 6.07) is 6.95. The monoisotopic (exact) mass is 244 g/mol. The van der Waals surface area contributed by atoms with E-state index < -0.39 is 4.92 Å². The first-order valence-electron chi connectivity index (χ1n) is 4.03. The van der Waals surface area contributed by atoms with Crippen molar-refractivity contribution < 1.29 is 4.92 Å². The lowest BCUT2D eigenvalue weighted by Gasteiger charge is -2.05. The number of thioether (sulfide) groups is 1. The van der Waals surface area contributed by atoms with Crippen molar-refractivity contribution in [3.63, 3.8) is 0 Å². The highest BCUT2D eigenvalue weighted by Crippen LogP contribution is 2.19. The van der Waals surface area contributed by atoms with Gasteiger partial charge in [0.1, 0.15) is 5.03 Å². The van der Waals surface area contributed by atoms with Gasteiger partial charge in [-0.2, -0.15) is 0 Å². The third kappa shape index (κ3) is 4.22. The van der Waals surface area contributed by atoms with Crippen LogP contribution in [-0.2, 0) is 0 Å². The predicted octanol–water partition coefficient (Wildman–Crippen LogP) is 3.19. The standard InChI is InChI=1S/C9H9ClN2O2S/c1-15-9(6-12(13)14)11-8-4-2-7(10)3-5-8/h2-6,11H,1H3. The summed E-state index contributed by atoms with van der Waals surface area (Å²) in [4.78, 5) is 9.78. The quantitative estimate of drug-likeness (QED) is 0.653. The molecular weight excluding hydrogens is 236 g/mol. The van der Waals surface area contributed by atoms with Crippen molar-refractivity contribution in [2.75, 3.05) is 11.6 Å². The van der Waals surface area contributed by atoms with Crippen molar-refractivity contribution in [2.45, 2.75) is 0 Å². The number of nitrogens with one attached hydrogen (secondary N) is 1. The van der Waals surface area contributed by atoms with Gasteiger partial charge in [0.05, 0.1) is 4.92 Å². The minimum atomic E-state index is -0.491. The zero-order valence-corrected chi connectivity index (χ0v) is 9.51. The molecule has 0 heterocycles. The molecule has 0 spiro atoms. The van der Waals surface area contributed by atoms with Crippen molar-refractivity contribution in [3.05, 3.63) is 50.6 Å². The van der Waals surface area contributed by atoms with Crippen molar-refractivity contribution in [1.29, 1.82) is 0 Å². The van der Waals surface area contributed by atoms with E-state index in [2.05, 4.69) is 5.32 Å². The maximum Gasteiger partial charge on any atom is 0.264 e. The van der Waals surface area contributed by atoms with Crippen molar-refractivity contribution in [2.24, 2.45) is 0 Å². The Bertz CT molecular complexity index is 378. The summed E-state index contributed by atoms with van der Waals surface area (Å²) < 4.78 is 0. The topological polar surface area (TPSA) is 55.2 Å². The second kappa shape index (κ2) is 5.63. The molecule has 0 radical (unpaired) electrons. The van der Waals surface area contributed by atoms with Crippen LogP contribution in [-0.4, -0.2) is 11.2 Å². The molecule has 0 saturated heterocycles. The Kier molecular flexibility index (Phi) is 4.45. The summed E-state index contributed by atoms with van der Waals surface area (Å²) in [6.45, 7) is 0. The van der Waals surface area contributed by atoms with Gasteiger partial charge in [-0.25, -0.2) is 0 Å². The predicted molar refractivity (Wildman–Crippen MR) is 63.7 cm³/mol. The summed E-state index contributed by atoms with van der Waals surface area (Å²) >= 11 is 6.98. The van der Waals surface area contributed by atoms with E-state index in [0.717, 1.165) is 11.9 Å². The van der Waals surface area contributed by atoms with E-state index in [1.807, 2.05) is 0 Å². The second-order valence-electron chi connectivity index (χ2n) is 2.61. The normalized spacial score (nSPS) is 11.2. The molecule has 80 valence electrons. The van der Waals surface area contributed by atoms with Crippen LogP contribution in [0.1, 0.15) is 0 Å². The highest BCUT2D eigenvalue weighted by atomic mass is 35.5. The summed E-state index contributed by atoms with van der Waals surface area (Å²) in [7, 11) is 0. The molecule has 15 heavy (non-hydrogen) atoms. The Labute approximate surface area is 96.5 Å². The minimum Gasteiger partial charge on any atom is -0.345 e. The van der Waals surface area contributed by atoms with Gasteiger partial charge >= 0.3 is 0 Å². The molecule has 6 heteroatoms. The molecule has 0 aliphatic carbocycles. The molecule has 1 rings (SSSR count). The van der Waals surface area contributed by atoms with Gasteiger partial charge in [0.15, 0.2) is 0 Å². The molecule has 0 aromatic heterocycles. The molecule has 0 unspecified atom stereocenters. The first-order chi connectivity index (χ1) is 7.11. The Morgan fingerprint density at radius 3 is 2.60 bits per heavy atom. The molecule has 4 nitrogen and oxygen atoms in total. The van der Waals surface area contributed by atoms with Crippen molar-refractivity contribution in [1.82, 2.24) is 0 Å². The first kappa shape index (κ1) is 11.9. The van der Waals surface area contributed by atoms with E-state index in [9.17, 15) is 10.1 Å². The molecule has 0 bridgehead atoms. The molecule has 0 atom stereocenters. The van der Waals surface area contributed by atoms with Gasteiger partial charge < -0.3 is 5.32 Å². The van der Waals surface area contributed by atoms with E-state index in [1.54, 1.807) is 30.5 Å². The van der Waals surface area contributed by atoms with E-state index in [1.165, 1.54) is 11.8 Å². The Balaban J connectivity index is 2.75. The van der Waals surface area contributed by atoms with Crippen LogP contribution in [0.25, 0.3) is 0 Å². The van der Waals surface area contributed by atoms with Gasteiger partial charge in [-0.3, -0.25) is 10.1 Å². The number of nitro groups is 1. The fraction of sp³-hybridized carbons (Fsp3) is 0.111. The maximum atomic E-state index is 10.3. The third-order valence-corrected chi connectivity index (χ3v) is 2.45. The highest BCUT2D eigenvalue weighted by Gasteiger charge is 2.01. The van der Waals surface area contributed by atoms with Gasteiger partial charge in [0.25, 0.3) is 6.20 Å². The molecule has 0 amide bonds. The molecule has 1 aromatic rings. The zero-order valence-electron chi connectivity index (χ0n) is 7.94. The summed E-state index contributed by atoms with van der Waals surface area (Å²) in [5.41, 5.74) is 0.766. The molecule has 1 aromatic carbocycles. The van der Waals surface area contributed by atoms with Crippen LogP contribution in [0.5, 0.6) is 0 Å². The van der Waals surface area contributed by atoms with E-state index in [-0.39, 0.29) is 0 Å². The van der Waals surface area contributed by atoms with Crippen molar-refractivity contribution >= 4 is 29.1 Å². The molecule has 0 fully saturated rings. The van der Waals surface area contributed by atoms with Crippen LogP contribution in [0, 0.1) is 10.1 Å². The van der Waals surface area contributed by atoms with Crippen molar-refractivity contribution in [3.8, 4) is 0 Å². The van der Waals surface area contributed by atoms with Crippen LogP contribution >= 0.6 is 23.4 Å². The average Bonchev–Trinajstić information content (AvgIpc) is 2.19. The summed E-state index contributed by atoms with van der Waals surface area (Å²) in [5, 5.41) is 14.3. The zero-order chi connectivity index (χ0) is 11.3. The molecule has 0 aliphatic heterocycles. The van der Waals surface area contributed by atoms with Gasteiger partial charge in [-0.1, -0.05) is 11.6 Å². The van der Waals surface area contributed by atoms with Gasteiger partial charge in [-0.05, 0) is 30.5 Å². The van der Waals surface area contributed by atoms with Gasteiger partial charge in [0, 0.05) is 10.7 Å². The number of rotatable bonds is 4. The smallest absolute Gasteiger partial charge is 0.264 e. The maximum absolute atomic E-state index is 10.3. The van der Waals surface area contributed by atoms with E-state index in [4.69, 9.17) is 11.6 Å². The molecular formula is C9H9ClN2O2S. The Hall–Kier alpha value is -1.20. The molecule has 0 aliphatic rings. The van der Waals surface area contributed by atoms with Crippen LogP contribution in [0.15, 0.2) is 35.5 Å². The van der Waals surface area contributed by atoms with Gasteiger partial charge in [0.2, 0.25) is 0 Å². The SMILES string of the molecule is CSC(=C[N+](=O)[O-])Nc1ccc(Cl)cc1. The number of anilines is 1. The number of hydrogen-bond donors (Lipinski definition) is 1. The number of halogens is 1. The lowest BCUT2D eigenvalue weighted by molar-refractivity contribution is -0.402. The molecule has 1 N–H and O–H groups in total. The van der Waals surface area contributed by atoms with Crippen LogP contribution < -0.4 is 5.32 Å². The van der Waals surface area contributed by atoms with Crippen LogP contribution in [0.2, 0.25) is 5.02 Å². The third-order valence-electron chi connectivity index (χ3n) is 1.55. The largest absolute Gasteiger partial charge is 0.345 e. The van der Waals surface area contributed by atoms with E-state index >= 15 is 0 Å². The fourth-order valence-corrected chi connectivity index (χ4v) is 1.44. The Morgan fingerprint density at radius 2 is 2.13 bits per heavy atom. The lowest BCUT2D eigenvalue weighted by Crippen LogP contribution is -1.98. The van der Waals surface area contributed by atoms with Crippen LogP contribution in [0.3, 0.4) is 0 Å².